The van der Waals surface area contributed by atoms with E-state index in [1.54, 1.807) is 37.3 Å². The highest BCUT2D eigenvalue weighted by Crippen LogP contribution is 2.26. The lowest BCUT2D eigenvalue weighted by Crippen LogP contribution is -2.50. The second-order valence-electron chi connectivity index (χ2n) is 7.58. The standard InChI is InChI=1S/C23H23N3O4/c1-14(2)23(4,13-24)26-21(27)12-29-22(28)17-11-19(20-10-9-15(3)30-20)25-18-8-6-5-7-16(17)18/h5-11,14H,12H2,1-4H3,(H,26,27)/t23-/m1/s1. The molecule has 1 atom stereocenters. The number of rotatable bonds is 6. The maximum atomic E-state index is 12.8. The van der Waals surface area contributed by atoms with Crippen molar-refractivity contribution in [1.82, 2.24) is 10.3 Å². The second-order valence-corrected chi connectivity index (χ2v) is 7.58. The highest BCUT2D eigenvalue weighted by atomic mass is 16.5. The van der Waals surface area contributed by atoms with Crippen molar-refractivity contribution in [2.75, 3.05) is 6.61 Å². The predicted molar refractivity (Wildman–Crippen MR) is 111 cm³/mol. The van der Waals surface area contributed by atoms with Gasteiger partial charge >= 0.3 is 5.97 Å². The van der Waals surface area contributed by atoms with Gasteiger partial charge in [-0.25, -0.2) is 9.78 Å². The van der Waals surface area contributed by atoms with E-state index in [4.69, 9.17) is 9.15 Å². The van der Waals surface area contributed by atoms with E-state index in [0.717, 1.165) is 5.76 Å². The number of fused-ring (bicyclic) bond motifs is 1. The van der Waals surface area contributed by atoms with Crippen molar-refractivity contribution in [3.8, 4) is 17.5 Å². The average molecular weight is 405 g/mol. The molecule has 154 valence electrons. The number of carbonyl (C=O) groups is 2. The van der Waals surface area contributed by atoms with Gasteiger partial charge in [0.2, 0.25) is 0 Å². The minimum absolute atomic E-state index is 0.106. The number of pyridine rings is 1. The molecule has 1 N–H and O–H groups in total. The Bertz CT molecular complexity index is 1140. The lowest BCUT2D eigenvalue weighted by molar-refractivity contribution is -0.125. The van der Waals surface area contributed by atoms with Crippen LogP contribution in [0.2, 0.25) is 0 Å². The van der Waals surface area contributed by atoms with E-state index in [2.05, 4.69) is 16.4 Å². The fourth-order valence-electron chi connectivity index (χ4n) is 2.88. The lowest BCUT2D eigenvalue weighted by atomic mass is 9.90. The van der Waals surface area contributed by atoms with Gasteiger partial charge < -0.3 is 14.5 Å². The number of esters is 1. The largest absolute Gasteiger partial charge is 0.460 e. The third kappa shape index (κ3) is 4.33. The van der Waals surface area contributed by atoms with E-state index in [9.17, 15) is 14.9 Å². The Morgan fingerprint density at radius 3 is 2.63 bits per heavy atom. The topological polar surface area (TPSA) is 105 Å². The normalized spacial score (nSPS) is 12.9. The number of benzene rings is 1. The van der Waals surface area contributed by atoms with Crippen LogP contribution >= 0.6 is 0 Å². The van der Waals surface area contributed by atoms with Crippen LogP contribution in [0.25, 0.3) is 22.4 Å². The predicted octanol–water partition coefficient (Wildman–Crippen LogP) is 4.01. The van der Waals surface area contributed by atoms with Crippen LogP contribution in [0.15, 0.2) is 46.9 Å². The molecule has 2 heterocycles. The zero-order chi connectivity index (χ0) is 21.9. The number of para-hydroxylation sites is 1. The molecular formula is C23H23N3O4. The van der Waals surface area contributed by atoms with Crippen molar-refractivity contribution in [2.24, 2.45) is 5.92 Å². The highest BCUT2D eigenvalue weighted by Gasteiger charge is 2.30. The van der Waals surface area contributed by atoms with Crippen LogP contribution in [-0.2, 0) is 9.53 Å². The van der Waals surface area contributed by atoms with Crippen LogP contribution in [-0.4, -0.2) is 29.0 Å². The summed E-state index contributed by atoms with van der Waals surface area (Å²) in [5.41, 5.74) is 0.341. The van der Waals surface area contributed by atoms with Crippen LogP contribution < -0.4 is 5.32 Å². The fraction of sp³-hybridized carbons (Fsp3) is 0.304. The zero-order valence-corrected chi connectivity index (χ0v) is 17.4. The number of aromatic nitrogens is 1. The van der Waals surface area contributed by atoms with Gasteiger partial charge in [0.05, 0.1) is 17.1 Å². The molecular weight excluding hydrogens is 382 g/mol. The number of carbonyl (C=O) groups excluding carboxylic acids is 2. The van der Waals surface area contributed by atoms with E-state index in [0.29, 0.717) is 22.4 Å². The molecule has 0 fully saturated rings. The maximum absolute atomic E-state index is 12.8. The molecule has 0 saturated heterocycles. The molecule has 0 aliphatic carbocycles. The number of furan rings is 1. The molecule has 1 aromatic carbocycles. The van der Waals surface area contributed by atoms with Crippen LogP contribution in [0.1, 0.15) is 36.9 Å². The molecule has 0 aliphatic rings. The molecule has 0 aliphatic heterocycles. The van der Waals surface area contributed by atoms with Crippen molar-refractivity contribution < 1.29 is 18.7 Å². The van der Waals surface area contributed by atoms with E-state index in [1.807, 2.05) is 32.9 Å². The maximum Gasteiger partial charge on any atom is 0.339 e. The quantitative estimate of drug-likeness (QED) is 0.621. The van der Waals surface area contributed by atoms with Crippen LogP contribution in [0, 0.1) is 24.2 Å². The number of ether oxygens (including phenoxy) is 1. The van der Waals surface area contributed by atoms with Crippen LogP contribution in [0.5, 0.6) is 0 Å². The first kappa shape index (κ1) is 21.1. The number of nitrogens with zero attached hydrogens (tertiary/aromatic N) is 2. The minimum Gasteiger partial charge on any atom is -0.460 e. The summed E-state index contributed by atoms with van der Waals surface area (Å²) in [7, 11) is 0. The van der Waals surface area contributed by atoms with Gasteiger partial charge in [0.25, 0.3) is 5.91 Å². The molecule has 30 heavy (non-hydrogen) atoms. The zero-order valence-electron chi connectivity index (χ0n) is 17.4. The van der Waals surface area contributed by atoms with Gasteiger partial charge in [-0.3, -0.25) is 4.79 Å². The third-order valence-electron chi connectivity index (χ3n) is 5.05. The molecule has 7 nitrogen and oxygen atoms in total. The summed E-state index contributed by atoms with van der Waals surface area (Å²) in [6, 6.07) is 14.5. The van der Waals surface area contributed by atoms with Gasteiger partial charge in [-0.1, -0.05) is 32.0 Å². The van der Waals surface area contributed by atoms with Gasteiger partial charge in [0.15, 0.2) is 12.4 Å². The van der Waals surface area contributed by atoms with Crippen molar-refractivity contribution in [3.05, 3.63) is 53.8 Å². The van der Waals surface area contributed by atoms with Gasteiger partial charge in [0, 0.05) is 5.39 Å². The first-order valence-electron chi connectivity index (χ1n) is 9.59. The van der Waals surface area contributed by atoms with Gasteiger partial charge in [-0.15, -0.1) is 0 Å². The molecule has 3 rings (SSSR count). The Balaban J connectivity index is 1.84. The molecule has 0 spiro atoms. The van der Waals surface area contributed by atoms with Crippen molar-refractivity contribution in [2.45, 2.75) is 33.2 Å². The molecule has 3 aromatic rings. The second kappa shape index (κ2) is 8.37. The van der Waals surface area contributed by atoms with Gasteiger partial charge in [-0.2, -0.15) is 5.26 Å². The van der Waals surface area contributed by atoms with Crippen molar-refractivity contribution in [1.29, 1.82) is 5.26 Å². The Kier molecular flexibility index (Phi) is 5.88. The first-order chi connectivity index (χ1) is 14.2. The monoisotopic (exact) mass is 405 g/mol. The average Bonchev–Trinajstić information content (AvgIpc) is 3.17. The SMILES string of the molecule is Cc1ccc(-c2cc(C(=O)OCC(=O)N[C@](C)(C#N)C(C)C)c3ccccc3n2)o1. The number of hydrogen-bond acceptors (Lipinski definition) is 6. The lowest BCUT2D eigenvalue weighted by Gasteiger charge is -2.27. The summed E-state index contributed by atoms with van der Waals surface area (Å²) in [4.78, 5) is 29.6. The molecule has 0 bridgehead atoms. The summed E-state index contributed by atoms with van der Waals surface area (Å²) in [6.07, 6.45) is 0. The molecule has 0 unspecified atom stereocenters. The minimum atomic E-state index is -1.04. The van der Waals surface area contributed by atoms with Crippen LogP contribution in [0.4, 0.5) is 0 Å². The van der Waals surface area contributed by atoms with Crippen LogP contribution in [0.3, 0.4) is 0 Å². The Morgan fingerprint density at radius 2 is 2.00 bits per heavy atom. The number of aryl methyl sites for hydroxylation is 1. The fourth-order valence-corrected chi connectivity index (χ4v) is 2.88. The van der Waals surface area contributed by atoms with E-state index >= 15 is 0 Å². The van der Waals surface area contributed by atoms with E-state index in [-0.39, 0.29) is 11.5 Å². The number of nitriles is 1. The summed E-state index contributed by atoms with van der Waals surface area (Å²) < 4.78 is 10.9. The molecule has 1 amide bonds. The molecule has 0 saturated carbocycles. The Morgan fingerprint density at radius 1 is 1.27 bits per heavy atom. The van der Waals surface area contributed by atoms with E-state index < -0.39 is 24.0 Å². The summed E-state index contributed by atoms with van der Waals surface area (Å²) in [5, 5.41) is 12.6. The summed E-state index contributed by atoms with van der Waals surface area (Å²) in [5.74, 6) is -0.0401. The molecule has 7 heteroatoms. The number of amides is 1. The van der Waals surface area contributed by atoms with Crippen molar-refractivity contribution in [3.63, 3.8) is 0 Å². The van der Waals surface area contributed by atoms with E-state index in [1.165, 1.54) is 0 Å². The third-order valence-corrected chi connectivity index (χ3v) is 5.05. The number of hydrogen-bond donors (Lipinski definition) is 1. The highest BCUT2D eigenvalue weighted by molar-refractivity contribution is 6.05. The smallest absolute Gasteiger partial charge is 0.339 e. The molecule has 2 aromatic heterocycles. The summed E-state index contributed by atoms with van der Waals surface area (Å²) >= 11 is 0. The van der Waals surface area contributed by atoms with Gasteiger partial charge in [-0.05, 0) is 44.0 Å². The van der Waals surface area contributed by atoms with Crippen molar-refractivity contribution >= 4 is 22.8 Å². The number of nitrogens with one attached hydrogen (secondary N) is 1. The first-order valence-corrected chi connectivity index (χ1v) is 9.59. The Hall–Kier alpha value is -3.66. The Labute approximate surface area is 174 Å². The van der Waals surface area contributed by atoms with Gasteiger partial charge in [0.1, 0.15) is 17.0 Å². The summed E-state index contributed by atoms with van der Waals surface area (Å²) in [6.45, 7) is 6.62. The molecule has 0 radical (unpaired) electrons.